The summed E-state index contributed by atoms with van der Waals surface area (Å²) >= 11 is 6.20. The minimum Gasteiger partial charge on any atom is -0.335 e. The minimum absolute atomic E-state index is 0.0193. The number of hydrogen-bond acceptors (Lipinski definition) is 3. The first-order valence-electron chi connectivity index (χ1n) is 8.13. The van der Waals surface area contributed by atoms with Crippen molar-refractivity contribution in [3.05, 3.63) is 64.2 Å². The summed E-state index contributed by atoms with van der Waals surface area (Å²) in [5, 5.41) is 0.307. The Kier molecular flexibility index (Phi) is 4.89. The van der Waals surface area contributed by atoms with E-state index in [0.29, 0.717) is 17.1 Å². The van der Waals surface area contributed by atoms with E-state index in [-0.39, 0.29) is 23.3 Å². The highest BCUT2D eigenvalue weighted by Gasteiger charge is 2.28. The molecular weight excluding hydrogens is 358 g/mol. The first kappa shape index (κ1) is 18.0. The quantitative estimate of drug-likeness (QED) is 0.823. The number of carbonyl (C=O) groups is 1. The highest BCUT2D eigenvalue weighted by atomic mass is 35.5. The molecule has 2 aromatic rings. The van der Waals surface area contributed by atoms with Crippen LogP contribution in [0.2, 0.25) is 5.02 Å². The average Bonchev–Trinajstić information content (AvgIpc) is 2.56. The zero-order valence-electron chi connectivity index (χ0n) is 14.2. The number of benzene rings is 2. The van der Waals surface area contributed by atoms with E-state index in [1.165, 1.54) is 11.6 Å². The van der Waals surface area contributed by atoms with Crippen molar-refractivity contribution in [1.82, 2.24) is 4.90 Å². The van der Waals surface area contributed by atoms with Crippen LogP contribution in [0, 0.1) is 0 Å². The second-order valence-electron chi connectivity index (χ2n) is 6.38. The highest BCUT2D eigenvalue weighted by Crippen LogP contribution is 2.31. The summed E-state index contributed by atoms with van der Waals surface area (Å²) < 4.78 is 24.0. The van der Waals surface area contributed by atoms with Gasteiger partial charge >= 0.3 is 0 Å². The van der Waals surface area contributed by atoms with Crippen molar-refractivity contribution in [2.45, 2.75) is 30.7 Å². The number of sulfone groups is 1. The molecule has 0 N–H and O–H groups in total. The van der Waals surface area contributed by atoms with Crippen molar-refractivity contribution >= 4 is 27.3 Å². The molecule has 0 aliphatic carbocycles. The third-order valence-electron chi connectivity index (χ3n) is 4.72. The van der Waals surface area contributed by atoms with Crippen LogP contribution in [0.25, 0.3) is 0 Å². The topological polar surface area (TPSA) is 54.5 Å². The normalized spacial score (nSPS) is 17.2. The summed E-state index contributed by atoms with van der Waals surface area (Å²) in [7, 11) is -3.45. The highest BCUT2D eigenvalue weighted by molar-refractivity contribution is 7.90. The number of carbonyl (C=O) groups excluding carboxylic acids is 1. The molecule has 0 spiro atoms. The van der Waals surface area contributed by atoms with Crippen molar-refractivity contribution in [2.24, 2.45) is 0 Å². The lowest BCUT2D eigenvalue weighted by Crippen LogP contribution is -2.39. The molecule has 1 aliphatic rings. The molecule has 0 fully saturated rings. The van der Waals surface area contributed by atoms with E-state index in [0.717, 1.165) is 18.2 Å². The second-order valence-corrected chi connectivity index (χ2v) is 8.77. The molecule has 3 rings (SSSR count). The van der Waals surface area contributed by atoms with Gasteiger partial charge in [0, 0.05) is 17.8 Å². The van der Waals surface area contributed by atoms with Crippen LogP contribution < -0.4 is 0 Å². The fraction of sp³-hybridized carbons (Fsp3) is 0.316. The summed E-state index contributed by atoms with van der Waals surface area (Å²) in [5.41, 5.74) is 2.78. The molecule has 25 heavy (non-hydrogen) atoms. The molecule has 0 saturated carbocycles. The Morgan fingerprint density at radius 2 is 1.92 bits per heavy atom. The Morgan fingerprint density at radius 3 is 2.64 bits per heavy atom. The SMILES string of the molecule is C[C@H]1c2ccccc2CCN1C(=O)Cc1c(Cl)cccc1S(C)(=O)=O. The van der Waals surface area contributed by atoms with Gasteiger partial charge in [0.25, 0.3) is 0 Å². The molecule has 4 nitrogen and oxygen atoms in total. The Bertz CT molecular complexity index is 924. The van der Waals surface area contributed by atoms with Crippen LogP contribution >= 0.6 is 11.6 Å². The van der Waals surface area contributed by atoms with Gasteiger partial charge < -0.3 is 4.90 Å². The Hall–Kier alpha value is -1.85. The molecule has 1 amide bonds. The van der Waals surface area contributed by atoms with Gasteiger partial charge in [0.15, 0.2) is 9.84 Å². The van der Waals surface area contributed by atoms with E-state index in [9.17, 15) is 13.2 Å². The maximum atomic E-state index is 12.9. The van der Waals surface area contributed by atoms with E-state index in [2.05, 4.69) is 6.07 Å². The van der Waals surface area contributed by atoms with Gasteiger partial charge in [-0.05, 0) is 42.2 Å². The van der Waals surface area contributed by atoms with Gasteiger partial charge in [-0.2, -0.15) is 0 Å². The van der Waals surface area contributed by atoms with Gasteiger partial charge in [-0.15, -0.1) is 0 Å². The molecule has 0 bridgehead atoms. The van der Waals surface area contributed by atoms with Crippen molar-refractivity contribution in [3.8, 4) is 0 Å². The van der Waals surface area contributed by atoms with Crippen molar-refractivity contribution in [3.63, 3.8) is 0 Å². The minimum atomic E-state index is -3.45. The predicted molar refractivity (Wildman–Crippen MR) is 98.5 cm³/mol. The zero-order valence-corrected chi connectivity index (χ0v) is 15.8. The standard InChI is InChI=1S/C19H20ClNO3S/c1-13-15-7-4-3-6-14(15)10-11-21(13)19(22)12-16-17(20)8-5-9-18(16)25(2,23)24/h3-9,13H,10-12H2,1-2H3/t13-/m0/s1. The smallest absolute Gasteiger partial charge is 0.227 e. The number of nitrogens with zero attached hydrogens (tertiary/aromatic N) is 1. The summed E-state index contributed by atoms with van der Waals surface area (Å²) in [4.78, 5) is 14.8. The summed E-state index contributed by atoms with van der Waals surface area (Å²) in [6.07, 6.45) is 1.91. The number of amides is 1. The Labute approximate surface area is 153 Å². The molecule has 6 heteroatoms. The van der Waals surface area contributed by atoms with Gasteiger partial charge in [-0.3, -0.25) is 4.79 Å². The van der Waals surface area contributed by atoms with Gasteiger partial charge in [-0.25, -0.2) is 8.42 Å². The number of fused-ring (bicyclic) bond motifs is 1. The van der Waals surface area contributed by atoms with E-state index in [4.69, 9.17) is 11.6 Å². The van der Waals surface area contributed by atoms with Crippen LogP contribution in [0.3, 0.4) is 0 Å². The molecule has 0 aromatic heterocycles. The summed E-state index contributed by atoms with van der Waals surface area (Å²) in [6, 6.07) is 12.8. The molecule has 0 unspecified atom stereocenters. The van der Waals surface area contributed by atoms with Gasteiger partial charge in [-0.1, -0.05) is 41.9 Å². The summed E-state index contributed by atoms with van der Waals surface area (Å²) in [5.74, 6) is -0.111. The van der Waals surface area contributed by atoms with Crippen LogP contribution in [0.4, 0.5) is 0 Å². The van der Waals surface area contributed by atoms with Crippen LogP contribution in [-0.4, -0.2) is 32.0 Å². The van der Waals surface area contributed by atoms with Crippen LogP contribution in [-0.2, 0) is 27.5 Å². The maximum Gasteiger partial charge on any atom is 0.227 e. The lowest BCUT2D eigenvalue weighted by Gasteiger charge is -2.35. The van der Waals surface area contributed by atoms with E-state index >= 15 is 0 Å². The predicted octanol–water partition coefficient (Wildman–Crippen LogP) is 3.43. The fourth-order valence-corrected chi connectivity index (χ4v) is 4.68. The Balaban J connectivity index is 1.90. The second kappa shape index (κ2) is 6.81. The average molecular weight is 378 g/mol. The van der Waals surface area contributed by atoms with E-state index < -0.39 is 9.84 Å². The lowest BCUT2D eigenvalue weighted by atomic mass is 9.93. The van der Waals surface area contributed by atoms with Crippen molar-refractivity contribution in [1.29, 1.82) is 0 Å². The largest absolute Gasteiger partial charge is 0.335 e. The molecule has 1 atom stereocenters. The first-order chi connectivity index (χ1) is 11.8. The monoisotopic (exact) mass is 377 g/mol. The van der Waals surface area contributed by atoms with Gasteiger partial charge in [0.05, 0.1) is 17.4 Å². The van der Waals surface area contributed by atoms with E-state index in [1.54, 1.807) is 17.0 Å². The summed E-state index contributed by atoms with van der Waals surface area (Å²) in [6.45, 7) is 2.62. The molecule has 0 radical (unpaired) electrons. The molecule has 0 saturated heterocycles. The van der Waals surface area contributed by atoms with E-state index in [1.807, 2.05) is 25.1 Å². The lowest BCUT2D eigenvalue weighted by molar-refractivity contribution is -0.133. The van der Waals surface area contributed by atoms with Crippen LogP contribution in [0.5, 0.6) is 0 Å². The molecule has 1 aliphatic heterocycles. The van der Waals surface area contributed by atoms with Crippen molar-refractivity contribution in [2.75, 3.05) is 12.8 Å². The Morgan fingerprint density at radius 1 is 1.20 bits per heavy atom. The fourth-order valence-electron chi connectivity index (χ4n) is 3.42. The number of rotatable bonds is 3. The molecule has 1 heterocycles. The van der Waals surface area contributed by atoms with Crippen LogP contribution in [0.1, 0.15) is 29.7 Å². The molecule has 2 aromatic carbocycles. The van der Waals surface area contributed by atoms with Gasteiger partial charge in [0.1, 0.15) is 0 Å². The number of hydrogen-bond donors (Lipinski definition) is 0. The molecular formula is C19H20ClNO3S. The van der Waals surface area contributed by atoms with Crippen molar-refractivity contribution < 1.29 is 13.2 Å². The number of halogens is 1. The molecule has 132 valence electrons. The van der Waals surface area contributed by atoms with Gasteiger partial charge in [0.2, 0.25) is 5.91 Å². The first-order valence-corrected chi connectivity index (χ1v) is 10.4. The third kappa shape index (κ3) is 3.58. The third-order valence-corrected chi connectivity index (χ3v) is 6.25. The zero-order chi connectivity index (χ0) is 18.2. The maximum absolute atomic E-state index is 12.9. The van der Waals surface area contributed by atoms with Crippen LogP contribution in [0.15, 0.2) is 47.4 Å².